The predicted molar refractivity (Wildman–Crippen MR) is 110 cm³/mol. The summed E-state index contributed by atoms with van der Waals surface area (Å²) >= 11 is 3.47. The van der Waals surface area contributed by atoms with Gasteiger partial charge in [-0.15, -0.1) is 0 Å². The van der Waals surface area contributed by atoms with Crippen LogP contribution in [0.4, 0.5) is 11.4 Å². The van der Waals surface area contributed by atoms with Crippen LogP contribution in [-0.4, -0.2) is 23.3 Å². The van der Waals surface area contributed by atoms with Crippen molar-refractivity contribution in [2.45, 2.75) is 13.3 Å². The number of aromatic nitrogens is 1. The van der Waals surface area contributed by atoms with E-state index in [1.807, 2.05) is 48.5 Å². The van der Waals surface area contributed by atoms with Gasteiger partial charge in [0.05, 0.1) is 11.6 Å². The van der Waals surface area contributed by atoms with Crippen molar-refractivity contribution in [2.24, 2.45) is 5.92 Å². The Balaban J connectivity index is 1.43. The van der Waals surface area contributed by atoms with Crippen molar-refractivity contribution in [1.29, 1.82) is 0 Å². The topological polar surface area (TPSA) is 75.4 Å². The highest BCUT2D eigenvalue weighted by atomic mass is 79.9. The molecule has 1 saturated heterocycles. The average molecular weight is 440 g/mol. The summed E-state index contributed by atoms with van der Waals surface area (Å²) in [5.74, 6) is 0.00194. The van der Waals surface area contributed by atoms with E-state index in [9.17, 15) is 9.59 Å². The minimum Gasteiger partial charge on any atom is -0.449 e. The summed E-state index contributed by atoms with van der Waals surface area (Å²) in [4.78, 5) is 31.0. The van der Waals surface area contributed by atoms with E-state index in [4.69, 9.17) is 4.42 Å². The quantitative estimate of drug-likeness (QED) is 0.653. The number of nitrogens with one attached hydrogen (secondary N) is 1. The number of aryl methyl sites for hydroxylation is 1. The number of carbonyl (C=O) groups excluding carboxylic acids is 2. The van der Waals surface area contributed by atoms with Gasteiger partial charge in [0.15, 0.2) is 5.89 Å². The van der Waals surface area contributed by atoms with E-state index < -0.39 is 5.92 Å². The highest BCUT2D eigenvalue weighted by Crippen LogP contribution is 2.31. The number of nitrogens with zero attached hydrogens (tertiary/aromatic N) is 2. The Hall–Kier alpha value is -2.93. The van der Waals surface area contributed by atoms with Crippen molar-refractivity contribution in [2.75, 3.05) is 16.8 Å². The lowest BCUT2D eigenvalue weighted by molar-refractivity contribution is -0.122. The van der Waals surface area contributed by atoms with Crippen LogP contribution in [0.1, 0.15) is 12.3 Å². The van der Waals surface area contributed by atoms with Gasteiger partial charge >= 0.3 is 0 Å². The average Bonchev–Trinajstić information content (AvgIpc) is 3.29. The second-order valence-corrected chi connectivity index (χ2v) is 7.53. The van der Waals surface area contributed by atoms with Crippen LogP contribution in [-0.2, 0) is 9.59 Å². The molecule has 4 rings (SSSR count). The summed E-state index contributed by atoms with van der Waals surface area (Å²) in [6, 6.07) is 14.9. The first-order chi connectivity index (χ1) is 13.5. The zero-order valence-corrected chi connectivity index (χ0v) is 16.8. The second-order valence-electron chi connectivity index (χ2n) is 6.68. The maximum absolute atomic E-state index is 12.7. The van der Waals surface area contributed by atoms with E-state index in [-0.39, 0.29) is 18.2 Å². The molecule has 1 fully saturated rings. The van der Waals surface area contributed by atoms with Gasteiger partial charge in [0.2, 0.25) is 11.8 Å². The number of rotatable bonds is 4. The number of para-hydroxylation sites is 1. The van der Waals surface area contributed by atoms with E-state index >= 15 is 0 Å². The van der Waals surface area contributed by atoms with Crippen LogP contribution in [0, 0.1) is 12.8 Å². The van der Waals surface area contributed by atoms with Crippen molar-refractivity contribution in [3.63, 3.8) is 0 Å². The van der Waals surface area contributed by atoms with Crippen LogP contribution >= 0.6 is 15.9 Å². The predicted octanol–water partition coefficient (Wildman–Crippen LogP) is 4.40. The fraction of sp³-hybridized carbons (Fsp3) is 0.190. The fourth-order valence-corrected chi connectivity index (χ4v) is 3.75. The van der Waals surface area contributed by atoms with Crippen LogP contribution in [0.2, 0.25) is 0 Å². The Morgan fingerprint density at radius 3 is 2.64 bits per heavy atom. The smallest absolute Gasteiger partial charge is 0.229 e. The highest BCUT2D eigenvalue weighted by molar-refractivity contribution is 9.10. The number of anilines is 2. The molecule has 28 heavy (non-hydrogen) atoms. The molecule has 1 aliphatic rings. The minimum atomic E-state index is -0.391. The molecule has 3 aromatic rings. The summed E-state index contributed by atoms with van der Waals surface area (Å²) < 4.78 is 6.06. The van der Waals surface area contributed by atoms with Crippen molar-refractivity contribution in [3.8, 4) is 11.3 Å². The molecule has 0 saturated carbocycles. The molecule has 0 radical (unpaired) electrons. The lowest BCUT2D eigenvalue weighted by atomic mass is 10.1. The second kappa shape index (κ2) is 7.59. The summed E-state index contributed by atoms with van der Waals surface area (Å²) in [6.45, 7) is 2.15. The molecule has 0 aliphatic carbocycles. The van der Waals surface area contributed by atoms with Crippen LogP contribution in [0.25, 0.3) is 11.3 Å². The molecule has 0 spiro atoms. The van der Waals surface area contributed by atoms with Gasteiger partial charge in [-0.2, -0.15) is 0 Å². The normalized spacial score (nSPS) is 16.4. The maximum atomic E-state index is 12.7. The van der Waals surface area contributed by atoms with Crippen LogP contribution in [0.15, 0.2) is 63.7 Å². The molecular weight excluding hydrogens is 422 g/mol. The van der Waals surface area contributed by atoms with Gasteiger partial charge in [-0.1, -0.05) is 24.3 Å². The zero-order chi connectivity index (χ0) is 19.7. The van der Waals surface area contributed by atoms with Crippen molar-refractivity contribution >= 4 is 39.1 Å². The Bertz CT molecular complexity index is 1030. The number of hydrogen-bond donors (Lipinski definition) is 1. The summed E-state index contributed by atoms with van der Waals surface area (Å²) in [5, 5.41) is 2.90. The van der Waals surface area contributed by atoms with Crippen molar-refractivity contribution in [1.82, 2.24) is 4.98 Å². The number of hydrogen-bond acceptors (Lipinski definition) is 4. The molecule has 1 N–H and O–H groups in total. The van der Waals surface area contributed by atoms with Crippen LogP contribution in [0.5, 0.6) is 0 Å². The lowest BCUT2D eigenvalue weighted by Crippen LogP contribution is -2.28. The van der Waals surface area contributed by atoms with Gasteiger partial charge in [0, 0.05) is 35.6 Å². The summed E-state index contributed by atoms with van der Waals surface area (Å²) in [7, 11) is 0. The SMILES string of the molecule is Cc1nc(-c2ccc(NC(=O)[C@@H]3CC(=O)N(c4ccccc4Br)C3)cc2)co1. The standard InChI is InChI=1S/C21H18BrN3O3/c1-13-23-18(12-28-13)14-6-8-16(9-7-14)24-21(27)15-10-20(26)25(11-15)19-5-3-2-4-17(19)22/h2-9,12,15H,10-11H2,1H3,(H,24,27)/t15-/m1/s1. The molecular formula is C21H18BrN3O3. The lowest BCUT2D eigenvalue weighted by Gasteiger charge is -2.18. The molecule has 2 heterocycles. The van der Waals surface area contributed by atoms with Gasteiger partial charge in [-0.25, -0.2) is 4.98 Å². The monoisotopic (exact) mass is 439 g/mol. The Morgan fingerprint density at radius 2 is 1.96 bits per heavy atom. The van der Waals surface area contributed by atoms with Gasteiger partial charge in [-0.3, -0.25) is 9.59 Å². The Labute approximate surface area is 170 Å². The number of halogens is 1. The third-order valence-electron chi connectivity index (χ3n) is 4.71. The van der Waals surface area contributed by atoms with Gasteiger partial charge < -0.3 is 14.6 Å². The van der Waals surface area contributed by atoms with Crippen LogP contribution < -0.4 is 10.2 Å². The summed E-state index contributed by atoms with van der Waals surface area (Å²) in [5.41, 5.74) is 3.13. The van der Waals surface area contributed by atoms with E-state index in [0.29, 0.717) is 18.1 Å². The summed E-state index contributed by atoms with van der Waals surface area (Å²) in [6.07, 6.45) is 1.80. The molecule has 0 bridgehead atoms. The van der Waals surface area contributed by atoms with Crippen LogP contribution in [0.3, 0.4) is 0 Å². The molecule has 2 aromatic carbocycles. The molecule has 0 unspecified atom stereocenters. The van der Waals surface area contributed by atoms with Gasteiger partial charge in [0.1, 0.15) is 12.0 Å². The van der Waals surface area contributed by atoms with Crippen molar-refractivity contribution in [3.05, 3.63) is 65.2 Å². The largest absolute Gasteiger partial charge is 0.449 e. The number of benzene rings is 2. The first kappa shape index (κ1) is 18.4. The first-order valence-electron chi connectivity index (χ1n) is 8.89. The number of amides is 2. The Kier molecular flexibility index (Phi) is 5.00. The molecule has 142 valence electrons. The minimum absolute atomic E-state index is 0.0520. The van der Waals surface area contributed by atoms with E-state index in [1.54, 1.807) is 18.1 Å². The maximum Gasteiger partial charge on any atom is 0.229 e. The van der Waals surface area contributed by atoms with E-state index in [1.165, 1.54) is 0 Å². The Morgan fingerprint density at radius 1 is 1.21 bits per heavy atom. The molecule has 2 amide bonds. The first-order valence-corrected chi connectivity index (χ1v) is 9.69. The fourth-order valence-electron chi connectivity index (χ4n) is 3.25. The molecule has 1 aromatic heterocycles. The molecule has 1 atom stereocenters. The van der Waals surface area contributed by atoms with Crippen molar-refractivity contribution < 1.29 is 14.0 Å². The van der Waals surface area contributed by atoms with Gasteiger partial charge in [0.25, 0.3) is 0 Å². The van der Waals surface area contributed by atoms with E-state index in [0.717, 1.165) is 21.4 Å². The molecule has 6 nitrogen and oxygen atoms in total. The zero-order valence-electron chi connectivity index (χ0n) is 15.2. The highest BCUT2D eigenvalue weighted by Gasteiger charge is 2.35. The molecule has 7 heteroatoms. The third kappa shape index (κ3) is 3.71. The molecule has 1 aliphatic heterocycles. The number of carbonyl (C=O) groups is 2. The van der Waals surface area contributed by atoms with Gasteiger partial charge in [-0.05, 0) is 40.2 Å². The third-order valence-corrected chi connectivity index (χ3v) is 5.38. The van der Waals surface area contributed by atoms with E-state index in [2.05, 4.69) is 26.2 Å². The number of oxazole rings is 1.